The molecule has 6 nitrogen and oxygen atoms in total. The monoisotopic (exact) mass is 361 g/mol. The van der Waals surface area contributed by atoms with Crippen molar-refractivity contribution in [2.24, 2.45) is 14.1 Å². The van der Waals surface area contributed by atoms with E-state index in [1.54, 1.807) is 14.2 Å². The summed E-state index contributed by atoms with van der Waals surface area (Å²) >= 11 is 0. The molecule has 0 bridgehead atoms. The third-order valence-electron chi connectivity index (χ3n) is 4.85. The lowest BCUT2D eigenvalue weighted by Gasteiger charge is -2.24. The standard InChI is InChI=1S/C21H19N3O3/c1-23-19-18(20(25)24(2)21(23)26)16(13-8-10-15(27-3)11-9-13)12-17(22-19)14-6-4-5-7-14/h4-12,22H,1-3H3. The highest BCUT2D eigenvalue weighted by molar-refractivity contribution is 5.90. The third kappa shape index (κ3) is 2.66. The second-order valence-electron chi connectivity index (χ2n) is 6.43. The van der Waals surface area contributed by atoms with E-state index in [2.05, 4.69) is 5.32 Å². The summed E-state index contributed by atoms with van der Waals surface area (Å²) in [6, 6.07) is 7.53. The van der Waals surface area contributed by atoms with Gasteiger partial charge in [0.25, 0.3) is 5.56 Å². The Kier molecular flexibility index (Phi) is 3.96. The number of nitrogens with zero attached hydrogens (tertiary/aromatic N) is 2. The quantitative estimate of drug-likeness (QED) is 0.892. The number of hydrogen-bond acceptors (Lipinski definition) is 4. The number of anilines is 1. The summed E-state index contributed by atoms with van der Waals surface area (Å²) in [5.74, 6) is 1.23. The number of methoxy groups -OCH3 is 1. The van der Waals surface area contributed by atoms with Crippen molar-refractivity contribution in [3.8, 4) is 5.75 Å². The minimum atomic E-state index is -0.371. The molecule has 136 valence electrons. The lowest BCUT2D eigenvalue weighted by atomic mass is 9.94. The molecule has 6 heteroatoms. The molecule has 2 heterocycles. The zero-order valence-electron chi connectivity index (χ0n) is 15.3. The van der Waals surface area contributed by atoms with E-state index in [1.165, 1.54) is 11.6 Å². The number of fused-ring (bicyclic) bond motifs is 1. The van der Waals surface area contributed by atoms with Crippen molar-refractivity contribution in [1.29, 1.82) is 0 Å². The second-order valence-corrected chi connectivity index (χ2v) is 6.43. The molecular formula is C21H19N3O3. The van der Waals surface area contributed by atoms with Gasteiger partial charge in [-0.3, -0.25) is 13.9 Å². The Balaban J connectivity index is 2.03. The first-order valence-electron chi connectivity index (χ1n) is 8.54. The molecule has 1 N–H and O–H groups in total. The predicted octanol–water partition coefficient (Wildman–Crippen LogP) is 2.33. The van der Waals surface area contributed by atoms with E-state index in [0.717, 1.165) is 32.7 Å². The largest absolute Gasteiger partial charge is 0.497 e. The van der Waals surface area contributed by atoms with Crippen LogP contribution in [0.5, 0.6) is 5.75 Å². The second kappa shape index (κ2) is 6.32. The lowest BCUT2D eigenvalue weighted by molar-refractivity contribution is 0.415. The van der Waals surface area contributed by atoms with Gasteiger partial charge in [0.2, 0.25) is 0 Å². The van der Waals surface area contributed by atoms with E-state index in [1.807, 2.05) is 54.6 Å². The molecular weight excluding hydrogens is 342 g/mol. The number of rotatable bonds is 2. The first kappa shape index (κ1) is 16.9. The fraction of sp³-hybridized carbons (Fsp3) is 0.143. The maximum atomic E-state index is 12.9. The van der Waals surface area contributed by atoms with Crippen LogP contribution in [0.1, 0.15) is 11.1 Å². The number of nitrogens with one attached hydrogen (secondary N) is 1. The van der Waals surface area contributed by atoms with Gasteiger partial charge in [-0.1, -0.05) is 36.4 Å². The Morgan fingerprint density at radius 1 is 0.963 bits per heavy atom. The topological polar surface area (TPSA) is 65.3 Å². The van der Waals surface area contributed by atoms with Gasteiger partial charge in [-0.05, 0) is 29.3 Å². The highest BCUT2D eigenvalue weighted by Crippen LogP contribution is 2.34. The summed E-state index contributed by atoms with van der Waals surface area (Å²) in [4.78, 5) is 25.3. The molecule has 0 saturated carbocycles. The van der Waals surface area contributed by atoms with Crippen molar-refractivity contribution in [1.82, 2.24) is 9.13 Å². The Hall–Kier alpha value is -3.54. The summed E-state index contributed by atoms with van der Waals surface area (Å²) < 4.78 is 7.83. The third-order valence-corrected chi connectivity index (χ3v) is 4.85. The van der Waals surface area contributed by atoms with Gasteiger partial charge < -0.3 is 10.1 Å². The van der Waals surface area contributed by atoms with Crippen LogP contribution in [0, 0.1) is 0 Å². The number of benzene rings is 1. The lowest BCUT2D eigenvalue weighted by Crippen LogP contribution is -2.41. The Bertz CT molecular complexity index is 1160. The number of ether oxygens (including phenoxy) is 1. The highest BCUT2D eigenvalue weighted by atomic mass is 16.5. The highest BCUT2D eigenvalue weighted by Gasteiger charge is 2.25. The summed E-state index contributed by atoms with van der Waals surface area (Å²) in [7, 11) is 4.76. The number of allylic oxidation sites excluding steroid dienone is 6. The van der Waals surface area contributed by atoms with Crippen LogP contribution in [0.25, 0.3) is 5.57 Å². The van der Waals surface area contributed by atoms with E-state index in [4.69, 9.17) is 4.74 Å². The van der Waals surface area contributed by atoms with Crippen LogP contribution in [0.4, 0.5) is 5.82 Å². The Morgan fingerprint density at radius 3 is 2.26 bits per heavy atom. The van der Waals surface area contributed by atoms with Gasteiger partial charge in [0.15, 0.2) is 0 Å². The molecule has 2 aromatic rings. The zero-order chi connectivity index (χ0) is 19.1. The molecule has 1 aromatic carbocycles. The molecule has 0 amide bonds. The van der Waals surface area contributed by atoms with Crippen LogP contribution in [0.2, 0.25) is 0 Å². The van der Waals surface area contributed by atoms with Gasteiger partial charge >= 0.3 is 5.69 Å². The average molecular weight is 361 g/mol. The molecule has 0 saturated heterocycles. The van der Waals surface area contributed by atoms with E-state index < -0.39 is 0 Å². The van der Waals surface area contributed by atoms with Crippen LogP contribution in [-0.2, 0) is 14.1 Å². The average Bonchev–Trinajstić information content (AvgIpc) is 3.24. The Labute approximate surface area is 156 Å². The summed E-state index contributed by atoms with van der Waals surface area (Å²) in [6.07, 6.45) is 9.81. The Morgan fingerprint density at radius 2 is 1.63 bits per heavy atom. The number of hydrogen-bond donors (Lipinski definition) is 1. The maximum Gasteiger partial charge on any atom is 0.332 e. The summed E-state index contributed by atoms with van der Waals surface area (Å²) in [5, 5.41) is 3.26. The van der Waals surface area contributed by atoms with Crippen LogP contribution in [-0.4, -0.2) is 16.2 Å². The fourth-order valence-corrected chi connectivity index (χ4v) is 3.32. The van der Waals surface area contributed by atoms with E-state index in [0.29, 0.717) is 11.4 Å². The van der Waals surface area contributed by atoms with Gasteiger partial charge in [-0.15, -0.1) is 0 Å². The van der Waals surface area contributed by atoms with Crippen molar-refractivity contribution < 1.29 is 4.74 Å². The minimum Gasteiger partial charge on any atom is -0.497 e. The molecule has 1 aromatic heterocycles. The molecule has 0 fully saturated rings. The van der Waals surface area contributed by atoms with Gasteiger partial charge in [-0.25, -0.2) is 4.79 Å². The molecule has 0 spiro atoms. The van der Waals surface area contributed by atoms with Gasteiger partial charge in [0, 0.05) is 25.4 Å². The summed E-state index contributed by atoms with van der Waals surface area (Å²) in [5.41, 5.74) is 3.23. The molecule has 2 aliphatic rings. The molecule has 0 unspecified atom stereocenters. The van der Waals surface area contributed by atoms with Crippen molar-refractivity contribution in [3.63, 3.8) is 0 Å². The van der Waals surface area contributed by atoms with E-state index in [-0.39, 0.29) is 11.2 Å². The van der Waals surface area contributed by atoms with Crippen LogP contribution >= 0.6 is 0 Å². The molecule has 27 heavy (non-hydrogen) atoms. The molecule has 1 aliphatic carbocycles. The maximum absolute atomic E-state index is 12.9. The fourth-order valence-electron chi connectivity index (χ4n) is 3.32. The molecule has 0 atom stereocenters. The zero-order valence-corrected chi connectivity index (χ0v) is 15.3. The molecule has 4 rings (SSSR count). The molecule has 0 radical (unpaired) electrons. The van der Waals surface area contributed by atoms with Crippen LogP contribution in [0.3, 0.4) is 0 Å². The molecule has 1 aliphatic heterocycles. The minimum absolute atomic E-state index is 0.329. The van der Waals surface area contributed by atoms with E-state index in [9.17, 15) is 9.59 Å². The van der Waals surface area contributed by atoms with Gasteiger partial charge in [-0.2, -0.15) is 0 Å². The van der Waals surface area contributed by atoms with Crippen molar-refractivity contribution >= 4 is 11.4 Å². The van der Waals surface area contributed by atoms with Gasteiger partial charge in [0.1, 0.15) is 11.6 Å². The van der Waals surface area contributed by atoms with Crippen LogP contribution < -0.4 is 21.3 Å². The first-order chi connectivity index (χ1) is 13.0. The van der Waals surface area contributed by atoms with Crippen molar-refractivity contribution in [2.45, 2.75) is 0 Å². The van der Waals surface area contributed by atoms with Crippen LogP contribution in [0.15, 0.2) is 75.5 Å². The first-order valence-corrected chi connectivity index (χ1v) is 8.54. The van der Waals surface area contributed by atoms with E-state index >= 15 is 0 Å². The number of aromatic nitrogens is 2. The smallest absolute Gasteiger partial charge is 0.332 e. The summed E-state index contributed by atoms with van der Waals surface area (Å²) in [6.45, 7) is 0. The van der Waals surface area contributed by atoms with Crippen molar-refractivity contribution in [2.75, 3.05) is 12.4 Å². The predicted molar refractivity (Wildman–Crippen MR) is 106 cm³/mol. The van der Waals surface area contributed by atoms with Crippen molar-refractivity contribution in [3.05, 3.63) is 97.9 Å². The SMILES string of the molecule is COc1ccc(C2=CC(=C3C=CC=C3)Nc3c2c(=O)n(C)c(=O)n3C)cc1. The van der Waals surface area contributed by atoms with Gasteiger partial charge in [0.05, 0.1) is 12.7 Å². The normalized spacial score (nSPS) is 14.9.